The molecule has 2 rings (SSSR count). The van der Waals surface area contributed by atoms with E-state index < -0.39 is 5.97 Å². The Hall–Kier alpha value is -2.07. The number of methoxy groups -OCH3 is 2. The molecule has 1 aromatic carbocycles. The number of benzene rings is 1. The first kappa shape index (κ1) is 16.3. The highest BCUT2D eigenvalue weighted by molar-refractivity contribution is 5.89. The molecule has 22 heavy (non-hydrogen) atoms. The van der Waals surface area contributed by atoms with Gasteiger partial charge in [-0.15, -0.1) is 0 Å². The predicted octanol–water partition coefficient (Wildman–Crippen LogP) is 3.59. The lowest BCUT2D eigenvalue weighted by Gasteiger charge is -2.21. The maximum atomic E-state index is 11.7. The summed E-state index contributed by atoms with van der Waals surface area (Å²) in [6.45, 7) is 3.80. The summed E-state index contributed by atoms with van der Waals surface area (Å²) in [5.74, 6) is 1.63. The number of ether oxygens (including phenoxy) is 3. The van der Waals surface area contributed by atoms with E-state index in [0.717, 1.165) is 25.0 Å². The van der Waals surface area contributed by atoms with Gasteiger partial charge in [0.2, 0.25) is 0 Å². The third kappa shape index (κ3) is 4.21. The molecule has 1 unspecified atom stereocenters. The summed E-state index contributed by atoms with van der Waals surface area (Å²) in [6, 6.07) is 7.67. The predicted molar refractivity (Wildman–Crippen MR) is 84.8 cm³/mol. The van der Waals surface area contributed by atoms with Crippen molar-refractivity contribution in [1.82, 2.24) is 0 Å². The van der Waals surface area contributed by atoms with Crippen LogP contribution in [0.25, 0.3) is 0 Å². The molecule has 4 heteroatoms. The summed E-state index contributed by atoms with van der Waals surface area (Å²) < 4.78 is 15.4. The van der Waals surface area contributed by atoms with E-state index in [1.54, 1.807) is 7.11 Å². The molecule has 0 saturated carbocycles. The second-order valence-electron chi connectivity index (χ2n) is 5.34. The van der Waals surface area contributed by atoms with Crippen LogP contribution in [0, 0.1) is 0 Å². The van der Waals surface area contributed by atoms with Crippen molar-refractivity contribution in [2.45, 2.75) is 25.2 Å². The fourth-order valence-electron chi connectivity index (χ4n) is 2.52. The summed E-state index contributed by atoms with van der Waals surface area (Å²) in [7, 11) is 3.23. The summed E-state index contributed by atoms with van der Waals surface area (Å²) in [6.07, 6.45) is 5.17. The van der Waals surface area contributed by atoms with Gasteiger partial charge in [0.25, 0.3) is 0 Å². The number of rotatable bonds is 6. The molecule has 0 amide bonds. The van der Waals surface area contributed by atoms with Crippen molar-refractivity contribution in [3.8, 4) is 5.75 Å². The van der Waals surface area contributed by atoms with Crippen molar-refractivity contribution in [1.29, 1.82) is 0 Å². The van der Waals surface area contributed by atoms with E-state index in [0.29, 0.717) is 17.2 Å². The Balaban J connectivity index is 1.95. The van der Waals surface area contributed by atoms with Gasteiger partial charge in [0.05, 0.1) is 25.0 Å². The van der Waals surface area contributed by atoms with Gasteiger partial charge in [-0.25, -0.2) is 4.79 Å². The lowest BCUT2D eigenvalue weighted by molar-refractivity contribution is -0.130. The van der Waals surface area contributed by atoms with Crippen LogP contribution in [0.3, 0.4) is 0 Å². The van der Waals surface area contributed by atoms with Gasteiger partial charge in [-0.3, -0.25) is 0 Å². The van der Waals surface area contributed by atoms with Crippen molar-refractivity contribution in [2.24, 2.45) is 0 Å². The van der Waals surface area contributed by atoms with Crippen LogP contribution in [0.2, 0.25) is 0 Å². The van der Waals surface area contributed by atoms with Crippen molar-refractivity contribution in [3.05, 3.63) is 53.8 Å². The molecule has 0 spiro atoms. The highest BCUT2D eigenvalue weighted by Crippen LogP contribution is 2.32. The molecule has 0 bridgehead atoms. The zero-order valence-corrected chi connectivity index (χ0v) is 13.1. The standard InChI is InChI=1S/C18H22O4/c1-13(12-20-2)18(19)22-17-10-6-15(7-11-17)14-4-8-16(21-3)9-5-14/h6-8,10-11,14H,1,4-5,9,12H2,2-3H3. The van der Waals surface area contributed by atoms with Crippen LogP contribution in [0.1, 0.15) is 30.7 Å². The number of esters is 1. The van der Waals surface area contributed by atoms with Crippen LogP contribution in [0.4, 0.5) is 0 Å². The fraction of sp³-hybridized carbons (Fsp3) is 0.389. The number of carbonyl (C=O) groups is 1. The normalized spacial score (nSPS) is 17.5. The minimum absolute atomic E-state index is 0.174. The van der Waals surface area contributed by atoms with Crippen LogP contribution in [-0.2, 0) is 14.3 Å². The Morgan fingerprint density at radius 1 is 1.27 bits per heavy atom. The SMILES string of the molecule is C=C(COC)C(=O)Oc1ccc(C2CC=C(OC)CC2)cc1. The molecule has 0 aromatic heterocycles. The zero-order chi connectivity index (χ0) is 15.9. The van der Waals surface area contributed by atoms with Gasteiger partial charge in [-0.2, -0.15) is 0 Å². The molecule has 1 atom stereocenters. The average Bonchev–Trinajstić information content (AvgIpc) is 2.56. The average molecular weight is 302 g/mol. The molecule has 0 saturated heterocycles. The van der Waals surface area contributed by atoms with Crippen LogP contribution < -0.4 is 4.74 Å². The Morgan fingerprint density at radius 3 is 2.55 bits per heavy atom. The largest absolute Gasteiger partial charge is 0.501 e. The maximum absolute atomic E-state index is 11.7. The molecule has 1 aliphatic rings. The Labute approximate surface area is 131 Å². The first-order chi connectivity index (χ1) is 10.6. The quantitative estimate of drug-likeness (QED) is 0.457. The van der Waals surface area contributed by atoms with Crippen LogP contribution in [0.15, 0.2) is 48.3 Å². The smallest absolute Gasteiger partial charge is 0.341 e. The number of hydrogen-bond acceptors (Lipinski definition) is 4. The third-order valence-corrected chi connectivity index (χ3v) is 3.80. The maximum Gasteiger partial charge on any atom is 0.341 e. The molecule has 0 radical (unpaired) electrons. The second kappa shape index (κ2) is 7.80. The van der Waals surface area contributed by atoms with Crippen molar-refractivity contribution in [2.75, 3.05) is 20.8 Å². The topological polar surface area (TPSA) is 44.8 Å². The van der Waals surface area contributed by atoms with Crippen LogP contribution in [0.5, 0.6) is 5.75 Å². The van der Waals surface area contributed by atoms with E-state index >= 15 is 0 Å². The Kier molecular flexibility index (Phi) is 5.78. The summed E-state index contributed by atoms with van der Waals surface area (Å²) >= 11 is 0. The molecule has 0 aliphatic heterocycles. The highest BCUT2D eigenvalue weighted by Gasteiger charge is 2.17. The molecule has 0 heterocycles. The van der Waals surface area contributed by atoms with Gasteiger partial charge in [0.15, 0.2) is 0 Å². The molecule has 0 fully saturated rings. The molecule has 1 aromatic rings. The molecule has 118 valence electrons. The highest BCUT2D eigenvalue weighted by atomic mass is 16.5. The zero-order valence-electron chi connectivity index (χ0n) is 13.1. The molecule has 0 N–H and O–H groups in total. The molecular weight excluding hydrogens is 280 g/mol. The fourth-order valence-corrected chi connectivity index (χ4v) is 2.52. The van der Waals surface area contributed by atoms with E-state index in [4.69, 9.17) is 14.2 Å². The Bertz CT molecular complexity index is 557. The molecular formula is C18H22O4. The van der Waals surface area contributed by atoms with Gasteiger partial charge in [0.1, 0.15) is 5.75 Å². The first-order valence-electron chi connectivity index (χ1n) is 7.36. The van der Waals surface area contributed by atoms with Crippen LogP contribution in [-0.4, -0.2) is 26.8 Å². The summed E-state index contributed by atoms with van der Waals surface area (Å²) in [4.78, 5) is 11.7. The van der Waals surface area contributed by atoms with Crippen molar-refractivity contribution < 1.29 is 19.0 Å². The number of hydrogen-bond donors (Lipinski definition) is 0. The van der Waals surface area contributed by atoms with E-state index in [9.17, 15) is 4.79 Å². The van der Waals surface area contributed by atoms with E-state index in [1.165, 1.54) is 12.7 Å². The van der Waals surface area contributed by atoms with E-state index in [1.807, 2.05) is 24.3 Å². The summed E-state index contributed by atoms with van der Waals surface area (Å²) in [5.41, 5.74) is 1.55. The minimum atomic E-state index is -0.458. The minimum Gasteiger partial charge on any atom is -0.501 e. The lowest BCUT2D eigenvalue weighted by Crippen LogP contribution is -2.14. The second-order valence-corrected chi connectivity index (χ2v) is 5.34. The van der Waals surface area contributed by atoms with E-state index in [-0.39, 0.29) is 6.61 Å². The van der Waals surface area contributed by atoms with Crippen LogP contribution >= 0.6 is 0 Å². The molecule has 1 aliphatic carbocycles. The number of allylic oxidation sites excluding steroid dienone is 2. The summed E-state index contributed by atoms with van der Waals surface area (Å²) in [5, 5.41) is 0. The number of carbonyl (C=O) groups excluding carboxylic acids is 1. The monoisotopic (exact) mass is 302 g/mol. The van der Waals surface area contributed by atoms with Gasteiger partial charge in [-0.1, -0.05) is 18.7 Å². The van der Waals surface area contributed by atoms with Gasteiger partial charge in [0, 0.05) is 13.5 Å². The lowest BCUT2D eigenvalue weighted by atomic mass is 9.87. The third-order valence-electron chi connectivity index (χ3n) is 3.80. The van der Waals surface area contributed by atoms with Gasteiger partial charge >= 0.3 is 5.97 Å². The van der Waals surface area contributed by atoms with Crippen molar-refractivity contribution in [3.63, 3.8) is 0 Å². The first-order valence-corrected chi connectivity index (χ1v) is 7.36. The van der Waals surface area contributed by atoms with Gasteiger partial charge in [-0.05, 0) is 42.5 Å². The van der Waals surface area contributed by atoms with Crippen molar-refractivity contribution >= 4 is 5.97 Å². The van der Waals surface area contributed by atoms with Gasteiger partial charge < -0.3 is 14.2 Å². The Morgan fingerprint density at radius 2 is 2.00 bits per heavy atom. The molecule has 4 nitrogen and oxygen atoms in total. The van der Waals surface area contributed by atoms with E-state index in [2.05, 4.69) is 12.7 Å².